The molecule has 0 amide bonds. The molecular formula is C22H26O7. The standard InChI is InChI=1S/C22H26O7/c1-22(2,27)16-8-15-20(14(16)10-19(25)29-4)13(9-17(24)21(15)26)12-6-5-11(23)7-18(12)28-3/h5-7,9,14,16,23-24,26-27H,8,10H2,1-4H3/t14-,16+/m0/s1. The molecule has 156 valence electrons. The molecule has 0 aliphatic heterocycles. The average Bonchev–Trinajstić information content (AvgIpc) is 3.04. The minimum absolute atomic E-state index is 0.00969. The van der Waals surface area contributed by atoms with E-state index < -0.39 is 17.5 Å². The number of hydrogen-bond donors (Lipinski definition) is 4. The van der Waals surface area contributed by atoms with Gasteiger partial charge < -0.3 is 29.9 Å². The van der Waals surface area contributed by atoms with Gasteiger partial charge >= 0.3 is 5.97 Å². The molecule has 2 aromatic carbocycles. The molecule has 4 N–H and O–H groups in total. The third-order valence-corrected chi connectivity index (χ3v) is 5.70. The van der Waals surface area contributed by atoms with E-state index in [1.807, 2.05) is 0 Å². The monoisotopic (exact) mass is 402 g/mol. The molecule has 0 bridgehead atoms. The number of methoxy groups -OCH3 is 2. The van der Waals surface area contributed by atoms with Crippen LogP contribution in [0, 0.1) is 5.92 Å². The zero-order valence-corrected chi connectivity index (χ0v) is 16.9. The molecule has 7 heteroatoms. The van der Waals surface area contributed by atoms with E-state index in [9.17, 15) is 25.2 Å². The molecule has 3 rings (SSSR count). The highest BCUT2D eigenvalue weighted by atomic mass is 16.5. The fraction of sp³-hybridized carbons (Fsp3) is 0.409. The van der Waals surface area contributed by atoms with Gasteiger partial charge in [-0.25, -0.2) is 0 Å². The number of carbonyl (C=O) groups is 1. The maximum Gasteiger partial charge on any atom is 0.306 e. The quantitative estimate of drug-likeness (QED) is 0.449. The van der Waals surface area contributed by atoms with Crippen LogP contribution in [-0.2, 0) is 16.0 Å². The Bertz CT molecular complexity index is 943. The van der Waals surface area contributed by atoms with Gasteiger partial charge in [-0.1, -0.05) is 0 Å². The summed E-state index contributed by atoms with van der Waals surface area (Å²) in [5.41, 5.74) is 1.14. The van der Waals surface area contributed by atoms with Crippen molar-refractivity contribution in [3.8, 4) is 34.1 Å². The summed E-state index contributed by atoms with van der Waals surface area (Å²) in [5.74, 6) is -1.44. The maximum atomic E-state index is 12.1. The molecule has 2 aromatic rings. The smallest absolute Gasteiger partial charge is 0.306 e. The lowest BCUT2D eigenvalue weighted by Crippen LogP contribution is -2.34. The molecule has 1 aliphatic carbocycles. The predicted molar refractivity (Wildman–Crippen MR) is 106 cm³/mol. The first kappa shape index (κ1) is 20.8. The van der Waals surface area contributed by atoms with E-state index in [-0.39, 0.29) is 36.0 Å². The fourth-order valence-corrected chi connectivity index (χ4v) is 4.30. The van der Waals surface area contributed by atoms with Crippen molar-refractivity contribution < 1.29 is 34.7 Å². The molecule has 0 saturated heterocycles. The summed E-state index contributed by atoms with van der Waals surface area (Å²) in [5, 5.41) is 41.4. The van der Waals surface area contributed by atoms with Crippen LogP contribution in [0.5, 0.6) is 23.0 Å². The van der Waals surface area contributed by atoms with Crippen LogP contribution in [0.15, 0.2) is 24.3 Å². The van der Waals surface area contributed by atoms with Gasteiger partial charge in [-0.15, -0.1) is 0 Å². The van der Waals surface area contributed by atoms with Crippen molar-refractivity contribution in [2.45, 2.75) is 38.2 Å². The number of phenols is 3. The number of carbonyl (C=O) groups excluding carboxylic acids is 1. The lowest BCUT2D eigenvalue weighted by Gasteiger charge is -2.31. The average molecular weight is 402 g/mol. The zero-order chi connectivity index (χ0) is 21.5. The molecule has 0 fully saturated rings. The van der Waals surface area contributed by atoms with E-state index in [0.29, 0.717) is 28.0 Å². The van der Waals surface area contributed by atoms with Gasteiger partial charge in [0.25, 0.3) is 0 Å². The Balaban J connectivity index is 2.29. The highest BCUT2D eigenvalue weighted by Crippen LogP contribution is 2.54. The van der Waals surface area contributed by atoms with Crippen LogP contribution in [0.2, 0.25) is 0 Å². The van der Waals surface area contributed by atoms with Crippen LogP contribution in [0.1, 0.15) is 37.3 Å². The summed E-state index contributed by atoms with van der Waals surface area (Å²) in [4.78, 5) is 12.1. The Morgan fingerprint density at radius 3 is 2.41 bits per heavy atom. The zero-order valence-electron chi connectivity index (χ0n) is 16.9. The van der Waals surface area contributed by atoms with E-state index in [1.54, 1.807) is 19.9 Å². The van der Waals surface area contributed by atoms with Crippen LogP contribution < -0.4 is 4.74 Å². The molecule has 0 heterocycles. The minimum Gasteiger partial charge on any atom is -0.508 e. The van der Waals surface area contributed by atoms with Crippen molar-refractivity contribution in [3.63, 3.8) is 0 Å². The molecule has 0 aromatic heterocycles. The molecule has 29 heavy (non-hydrogen) atoms. The number of esters is 1. The maximum absolute atomic E-state index is 12.1. The number of hydrogen-bond acceptors (Lipinski definition) is 7. The highest BCUT2D eigenvalue weighted by molar-refractivity contribution is 5.81. The van der Waals surface area contributed by atoms with Crippen molar-refractivity contribution in [1.82, 2.24) is 0 Å². The highest BCUT2D eigenvalue weighted by Gasteiger charge is 2.45. The van der Waals surface area contributed by atoms with Crippen LogP contribution in [0.3, 0.4) is 0 Å². The fourth-order valence-electron chi connectivity index (χ4n) is 4.30. The van der Waals surface area contributed by atoms with E-state index in [1.165, 1.54) is 32.4 Å². The van der Waals surface area contributed by atoms with Gasteiger partial charge in [0, 0.05) is 23.1 Å². The Kier molecular flexibility index (Phi) is 5.36. The summed E-state index contributed by atoms with van der Waals surface area (Å²) in [7, 11) is 2.76. The lowest BCUT2D eigenvalue weighted by molar-refractivity contribution is -0.141. The second kappa shape index (κ2) is 7.48. The first-order chi connectivity index (χ1) is 13.6. The normalized spacial score (nSPS) is 18.4. The molecule has 0 spiro atoms. The third-order valence-electron chi connectivity index (χ3n) is 5.70. The number of benzene rings is 2. The summed E-state index contributed by atoms with van der Waals surface area (Å²) < 4.78 is 10.3. The number of fused-ring (bicyclic) bond motifs is 1. The van der Waals surface area contributed by atoms with E-state index >= 15 is 0 Å². The van der Waals surface area contributed by atoms with Gasteiger partial charge in [-0.2, -0.15) is 0 Å². The summed E-state index contributed by atoms with van der Waals surface area (Å²) in [6.45, 7) is 3.32. The Morgan fingerprint density at radius 2 is 1.83 bits per heavy atom. The summed E-state index contributed by atoms with van der Waals surface area (Å²) in [6, 6.07) is 6.00. The molecule has 0 saturated carbocycles. The second-order valence-electron chi connectivity index (χ2n) is 7.92. The number of phenolic OH excluding ortho intramolecular Hbond substituents is 3. The Morgan fingerprint density at radius 1 is 1.14 bits per heavy atom. The third kappa shape index (κ3) is 3.70. The number of rotatable bonds is 5. The van der Waals surface area contributed by atoms with Crippen LogP contribution in [0.4, 0.5) is 0 Å². The van der Waals surface area contributed by atoms with E-state index in [0.717, 1.165) is 0 Å². The molecule has 0 radical (unpaired) electrons. The first-order valence-electron chi connectivity index (χ1n) is 9.32. The first-order valence-corrected chi connectivity index (χ1v) is 9.32. The van der Waals surface area contributed by atoms with Gasteiger partial charge in [-0.05, 0) is 55.5 Å². The molecular weight excluding hydrogens is 376 g/mol. The number of aromatic hydroxyl groups is 3. The van der Waals surface area contributed by atoms with Gasteiger partial charge in [0.1, 0.15) is 11.5 Å². The summed E-state index contributed by atoms with van der Waals surface area (Å²) >= 11 is 0. The van der Waals surface area contributed by atoms with Gasteiger partial charge in [0.15, 0.2) is 11.5 Å². The molecule has 1 aliphatic rings. The van der Waals surface area contributed by atoms with Crippen molar-refractivity contribution in [2.24, 2.45) is 5.92 Å². The number of ether oxygens (including phenoxy) is 2. The molecule has 0 unspecified atom stereocenters. The SMILES string of the molecule is COC(=O)C[C@@H]1c2c(-c3ccc(O)cc3OC)cc(O)c(O)c2C[C@H]1C(C)(C)O. The van der Waals surface area contributed by atoms with Crippen molar-refractivity contribution in [1.29, 1.82) is 0 Å². The van der Waals surface area contributed by atoms with Crippen molar-refractivity contribution in [3.05, 3.63) is 35.4 Å². The van der Waals surface area contributed by atoms with Crippen LogP contribution >= 0.6 is 0 Å². The van der Waals surface area contributed by atoms with Gasteiger partial charge in [-0.3, -0.25) is 4.79 Å². The van der Waals surface area contributed by atoms with Crippen LogP contribution in [0.25, 0.3) is 11.1 Å². The Labute approximate surface area is 169 Å². The molecule has 7 nitrogen and oxygen atoms in total. The predicted octanol–water partition coefficient (Wildman–Crippen LogP) is 3.07. The minimum atomic E-state index is -1.14. The van der Waals surface area contributed by atoms with Crippen molar-refractivity contribution in [2.75, 3.05) is 14.2 Å². The van der Waals surface area contributed by atoms with E-state index in [2.05, 4.69) is 0 Å². The van der Waals surface area contributed by atoms with E-state index in [4.69, 9.17) is 9.47 Å². The Hall–Kier alpha value is -2.93. The molecule has 2 atom stereocenters. The summed E-state index contributed by atoms with van der Waals surface area (Å²) in [6.07, 6.45) is 0.296. The van der Waals surface area contributed by atoms with Gasteiger partial charge in [0.2, 0.25) is 0 Å². The van der Waals surface area contributed by atoms with Gasteiger partial charge in [0.05, 0.1) is 26.2 Å². The topological polar surface area (TPSA) is 116 Å². The second-order valence-corrected chi connectivity index (χ2v) is 7.92. The lowest BCUT2D eigenvalue weighted by atomic mass is 9.78. The largest absolute Gasteiger partial charge is 0.508 e. The number of aliphatic hydroxyl groups is 1. The van der Waals surface area contributed by atoms with Crippen molar-refractivity contribution >= 4 is 5.97 Å². The van der Waals surface area contributed by atoms with Crippen LogP contribution in [-0.4, -0.2) is 46.2 Å².